The first kappa shape index (κ1) is 23.6. The van der Waals surface area contributed by atoms with Crippen molar-refractivity contribution in [3.8, 4) is 0 Å². The van der Waals surface area contributed by atoms with E-state index in [1.165, 1.54) is 12.7 Å². The SMILES string of the molecule is BrC=Cc1ccccc1.C=C(C)C(=O)OC.C=CC(OC)OC. The highest BCUT2D eigenvalue weighted by molar-refractivity contribution is 9.11. The van der Waals surface area contributed by atoms with Crippen molar-refractivity contribution in [3.05, 3.63) is 65.7 Å². The predicted octanol–water partition coefficient (Wildman–Crippen LogP) is 4.58. The minimum atomic E-state index is -0.347. The molecule has 0 heterocycles. The zero-order valence-corrected chi connectivity index (χ0v) is 15.7. The zero-order valence-electron chi connectivity index (χ0n) is 14.1. The summed E-state index contributed by atoms with van der Waals surface area (Å²) in [7, 11) is 4.46. The maximum atomic E-state index is 10.2. The van der Waals surface area contributed by atoms with E-state index in [1.54, 1.807) is 27.2 Å². The Morgan fingerprint density at radius 3 is 1.91 bits per heavy atom. The van der Waals surface area contributed by atoms with Gasteiger partial charge in [0.25, 0.3) is 0 Å². The number of rotatable bonds is 5. The Morgan fingerprint density at radius 1 is 1.17 bits per heavy atom. The van der Waals surface area contributed by atoms with Crippen molar-refractivity contribution < 1.29 is 19.0 Å². The lowest BCUT2D eigenvalue weighted by Crippen LogP contribution is -2.07. The molecule has 0 aliphatic carbocycles. The van der Waals surface area contributed by atoms with Crippen LogP contribution in [0.3, 0.4) is 0 Å². The van der Waals surface area contributed by atoms with E-state index in [1.807, 2.05) is 29.3 Å². The van der Waals surface area contributed by atoms with Gasteiger partial charge in [-0.1, -0.05) is 59.4 Å². The molecule has 0 amide bonds. The second-order valence-corrected chi connectivity index (χ2v) is 4.58. The molecule has 0 aromatic heterocycles. The van der Waals surface area contributed by atoms with Gasteiger partial charge in [0.15, 0.2) is 6.29 Å². The largest absolute Gasteiger partial charge is 0.466 e. The van der Waals surface area contributed by atoms with Gasteiger partial charge in [0, 0.05) is 19.8 Å². The van der Waals surface area contributed by atoms with Crippen molar-refractivity contribution in [2.45, 2.75) is 13.2 Å². The lowest BCUT2D eigenvalue weighted by atomic mass is 10.2. The normalized spacial score (nSPS) is 9.30. The molecule has 0 saturated carbocycles. The minimum Gasteiger partial charge on any atom is -0.466 e. The maximum absolute atomic E-state index is 10.2. The van der Waals surface area contributed by atoms with Gasteiger partial charge in [0.05, 0.1) is 7.11 Å². The first-order valence-corrected chi connectivity index (χ1v) is 7.62. The molecule has 0 unspecified atom stereocenters. The Labute approximate surface area is 147 Å². The standard InChI is InChI=1S/C8H7Br.C5H10O2.C5H8O2/c9-7-6-8-4-2-1-3-5-8;1-4-5(6-2)7-3;1-4(2)5(6)7-3/h1-7H;4-5H,1H2,2-3H3;1H2,2-3H3. The van der Waals surface area contributed by atoms with Crippen LogP contribution in [0.1, 0.15) is 12.5 Å². The maximum Gasteiger partial charge on any atom is 0.332 e. The van der Waals surface area contributed by atoms with E-state index in [0.717, 1.165) is 0 Å². The summed E-state index contributed by atoms with van der Waals surface area (Å²) in [5, 5.41) is 0. The summed E-state index contributed by atoms with van der Waals surface area (Å²) in [4.78, 5) is 12.0. The smallest absolute Gasteiger partial charge is 0.332 e. The van der Waals surface area contributed by atoms with Crippen LogP contribution in [0.25, 0.3) is 6.08 Å². The van der Waals surface area contributed by atoms with Crippen molar-refractivity contribution >= 4 is 28.0 Å². The minimum absolute atomic E-state index is 0.250. The lowest BCUT2D eigenvalue weighted by molar-refractivity contribution is -0.136. The van der Waals surface area contributed by atoms with Crippen LogP contribution in [-0.4, -0.2) is 33.6 Å². The third-order valence-electron chi connectivity index (χ3n) is 2.25. The number of halogens is 1. The van der Waals surface area contributed by atoms with E-state index in [2.05, 4.69) is 46.0 Å². The number of carbonyl (C=O) groups is 1. The summed E-state index contributed by atoms with van der Waals surface area (Å²) >= 11 is 3.21. The fraction of sp³-hybridized carbons (Fsp3) is 0.278. The monoisotopic (exact) mass is 384 g/mol. The molecule has 23 heavy (non-hydrogen) atoms. The van der Waals surface area contributed by atoms with Crippen LogP contribution in [0.4, 0.5) is 0 Å². The molecular weight excluding hydrogens is 360 g/mol. The van der Waals surface area contributed by atoms with Crippen LogP contribution in [0.15, 0.2) is 60.1 Å². The molecule has 1 aromatic rings. The zero-order chi connectivity index (χ0) is 18.1. The molecule has 1 aromatic carbocycles. The third-order valence-corrected chi connectivity index (χ3v) is 2.51. The number of hydrogen-bond acceptors (Lipinski definition) is 4. The van der Waals surface area contributed by atoms with E-state index in [4.69, 9.17) is 9.47 Å². The van der Waals surface area contributed by atoms with E-state index in [-0.39, 0.29) is 12.3 Å². The third kappa shape index (κ3) is 15.0. The molecule has 5 heteroatoms. The second kappa shape index (κ2) is 16.7. The Balaban J connectivity index is 0. The highest BCUT2D eigenvalue weighted by Crippen LogP contribution is 2.01. The van der Waals surface area contributed by atoms with Gasteiger partial charge in [-0.15, -0.1) is 0 Å². The summed E-state index contributed by atoms with van der Waals surface area (Å²) in [6.07, 6.45) is 3.33. The Morgan fingerprint density at radius 2 is 1.70 bits per heavy atom. The molecule has 0 N–H and O–H groups in total. The van der Waals surface area contributed by atoms with Crippen LogP contribution in [0.5, 0.6) is 0 Å². The molecule has 0 spiro atoms. The van der Waals surface area contributed by atoms with Crippen molar-refractivity contribution in [1.82, 2.24) is 0 Å². The highest BCUT2D eigenvalue weighted by Gasteiger charge is 1.95. The van der Waals surface area contributed by atoms with Crippen LogP contribution < -0.4 is 0 Å². The predicted molar refractivity (Wildman–Crippen MR) is 99.2 cm³/mol. The van der Waals surface area contributed by atoms with E-state index >= 15 is 0 Å². The number of carbonyl (C=O) groups excluding carboxylic acids is 1. The van der Waals surface area contributed by atoms with Crippen LogP contribution >= 0.6 is 15.9 Å². The van der Waals surface area contributed by atoms with Crippen molar-refractivity contribution in [3.63, 3.8) is 0 Å². The Hall–Kier alpha value is -1.69. The van der Waals surface area contributed by atoms with Crippen LogP contribution in [0.2, 0.25) is 0 Å². The van der Waals surface area contributed by atoms with Crippen molar-refractivity contribution in [2.75, 3.05) is 21.3 Å². The molecule has 4 nitrogen and oxygen atoms in total. The number of hydrogen-bond donors (Lipinski definition) is 0. The van der Waals surface area contributed by atoms with Gasteiger partial charge in [-0.25, -0.2) is 4.79 Å². The van der Waals surface area contributed by atoms with Gasteiger partial charge in [-0.3, -0.25) is 0 Å². The average Bonchev–Trinajstić information content (AvgIpc) is 2.58. The van der Waals surface area contributed by atoms with Gasteiger partial charge >= 0.3 is 5.97 Å². The number of methoxy groups -OCH3 is 3. The molecule has 0 bridgehead atoms. The van der Waals surface area contributed by atoms with Gasteiger partial charge in [0.2, 0.25) is 0 Å². The summed E-state index contributed by atoms with van der Waals surface area (Å²) in [5.41, 5.74) is 1.65. The quantitative estimate of drug-likeness (QED) is 0.322. The lowest BCUT2D eigenvalue weighted by Gasteiger charge is -2.04. The average molecular weight is 385 g/mol. The molecule has 0 aliphatic heterocycles. The van der Waals surface area contributed by atoms with Gasteiger partial charge in [0.1, 0.15) is 0 Å². The van der Waals surface area contributed by atoms with E-state index in [0.29, 0.717) is 5.57 Å². The van der Waals surface area contributed by atoms with Gasteiger partial charge in [-0.05, 0) is 29.6 Å². The molecule has 0 aliphatic rings. The van der Waals surface area contributed by atoms with Crippen LogP contribution in [-0.2, 0) is 19.0 Å². The van der Waals surface area contributed by atoms with Crippen LogP contribution in [0, 0.1) is 0 Å². The van der Waals surface area contributed by atoms with Gasteiger partial charge < -0.3 is 14.2 Å². The Kier molecular flexibility index (Phi) is 17.1. The molecule has 0 saturated heterocycles. The summed E-state index contributed by atoms with van der Waals surface area (Å²) in [6, 6.07) is 10.1. The number of esters is 1. The molecular formula is C18H25BrO4. The summed E-state index contributed by atoms with van der Waals surface area (Å²) in [5.74, 6) is -0.347. The first-order chi connectivity index (χ1) is 11.0. The number of benzene rings is 1. The molecule has 128 valence electrons. The highest BCUT2D eigenvalue weighted by atomic mass is 79.9. The summed E-state index contributed by atoms with van der Waals surface area (Å²) in [6.45, 7) is 8.41. The summed E-state index contributed by atoms with van der Waals surface area (Å²) < 4.78 is 13.7. The molecule has 1 rings (SSSR count). The molecule has 0 atom stereocenters. The number of ether oxygens (including phenoxy) is 3. The van der Waals surface area contributed by atoms with E-state index < -0.39 is 0 Å². The Bertz CT molecular complexity index is 465. The fourth-order valence-corrected chi connectivity index (χ4v) is 1.41. The molecule has 0 fully saturated rings. The van der Waals surface area contributed by atoms with Gasteiger partial charge in [-0.2, -0.15) is 0 Å². The van der Waals surface area contributed by atoms with Crippen molar-refractivity contribution in [1.29, 1.82) is 0 Å². The first-order valence-electron chi connectivity index (χ1n) is 6.70. The second-order valence-electron chi connectivity index (χ2n) is 4.05. The fourth-order valence-electron chi connectivity index (χ4n) is 1.10. The molecule has 0 radical (unpaired) electrons. The van der Waals surface area contributed by atoms with Crippen molar-refractivity contribution in [2.24, 2.45) is 0 Å². The topological polar surface area (TPSA) is 44.8 Å². The van der Waals surface area contributed by atoms with E-state index in [9.17, 15) is 4.79 Å².